The number of benzene rings is 1. The second-order valence-electron chi connectivity index (χ2n) is 6.57. The Bertz CT molecular complexity index is 486. The van der Waals surface area contributed by atoms with E-state index in [0.29, 0.717) is 5.04 Å². The molecule has 2 rings (SSSR count). The minimum atomic E-state index is -1.76. The summed E-state index contributed by atoms with van der Waals surface area (Å²) in [6.07, 6.45) is 6.79. The fourth-order valence-electron chi connectivity index (χ4n) is 2.54. The van der Waals surface area contributed by atoms with E-state index in [1.165, 1.54) is 24.0 Å². The van der Waals surface area contributed by atoms with Crippen LogP contribution in [0.3, 0.4) is 0 Å². The van der Waals surface area contributed by atoms with Gasteiger partial charge in [-0.15, -0.1) is 0 Å². The molecule has 0 fully saturated rings. The van der Waals surface area contributed by atoms with Crippen molar-refractivity contribution in [2.45, 2.75) is 51.7 Å². The van der Waals surface area contributed by atoms with Gasteiger partial charge >= 0.3 is 0 Å². The van der Waals surface area contributed by atoms with Crippen LogP contribution in [0, 0.1) is 6.42 Å². The highest BCUT2D eigenvalue weighted by atomic mass is 28.4. The van der Waals surface area contributed by atoms with Gasteiger partial charge in [0.05, 0.1) is 12.2 Å². The lowest BCUT2D eigenvalue weighted by molar-refractivity contribution is 0.380. The maximum absolute atomic E-state index is 6.44. The summed E-state index contributed by atoms with van der Waals surface area (Å²) in [6.45, 7) is 11.6. The van der Waals surface area contributed by atoms with Gasteiger partial charge in [-0.1, -0.05) is 51.5 Å². The first-order valence-corrected chi connectivity index (χ1v) is 10.1. The van der Waals surface area contributed by atoms with Crippen LogP contribution in [0.15, 0.2) is 30.0 Å². The van der Waals surface area contributed by atoms with Crippen molar-refractivity contribution in [3.05, 3.63) is 47.6 Å². The Morgan fingerprint density at radius 3 is 2.32 bits per heavy atom. The summed E-state index contributed by atoms with van der Waals surface area (Å²) in [6, 6.07) is 8.45. The molecule has 0 heterocycles. The van der Waals surface area contributed by atoms with E-state index >= 15 is 0 Å². The maximum atomic E-state index is 6.44. The molecular formula is C17H25OSi. The van der Waals surface area contributed by atoms with E-state index in [9.17, 15) is 0 Å². The van der Waals surface area contributed by atoms with Crippen LogP contribution in [0.4, 0.5) is 0 Å². The summed E-state index contributed by atoms with van der Waals surface area (Å²) in [5.41, 5.74) is 2.55. The Labute approximate surface area is 118 Å². The molecule has 19 heavy (non-hydrogen) atoms. The SMILES string of the molecule is CCCC(C)(C)[Si](C)(C)OC1=Cc2ccccc2[CH]1. The minimum Gasteiger partial charge on any atom is -0.546 e. The maximum Gasteiger partial charge on any atom is 0.250 e. The third kappa shape index (κ3) is 2.94. The van der Waals surface area contributed by atoms with Gasteiger partial charge in [0.1, 0.15) is 0 Å². The molecule has 0 N–H and O–H groups in total. The molecule has 1 aliphatic rings. The average Bonchev–Trinajstić information content (AvgIpc) is 2.69. The molecule has 1 radical (unpaired) electrons. The Morgan fingerprint density at radius 2 is 1.74 bits per heavy atom. The van der Waals surface area contributed by atoms with Gasteiger partial charge in [0.15, 0.2) is 0 Å². The first-order chi connectivity index (χ1) is 8.86. The van der Waals surface area contributed by atoms with Gasteiger partial charge in [0.25, 0.3) is 0 Å². The second-order valence-corrected chi connectivity index (χ2v) is 11.1. The van der Waals surface area contributed by atoms with E-state index in [4.69, 9.17) is 4.43 Å². The predicted octanol–water partition coefficient (Wildman–Crippen LogP) is 5.40. The van der Waals surface area contributed by atoms with Gasteiger partial charge in [-0.2, -0.15) is 0 Å². The van der Waals surface area contributed by atoms with Crippen LogP contribution in [0.2, 0.25) is 18.1 Å². The van der Waals surface area contributed by atoms with Gasteiger partial charge in [-0.05, 0) is 41.8 Å². The number of hydrogen-bond acceptors (Lipinski definition) is 1. The molecule has 0 atom stereocenters. The third-order valence-corrected chi connectivity index (χ3v) is 8.73. The standard InChI is InChI=1S/C17H25OSi/c1-6-11-17(2,3)19(4,5)18-16-12-14-9-7-8-10-15(14)13-16/h7-10,12-13H,6,11H2,1-5H3. The summed E-state index contributed by atoms with van der Waals surface area (Å²) >= 11 is 0. The molecule has 0 amide bonds. The van der Waals surface area contributed by atoms with Crippen LogP contribution in [0.5, 0.6) is 0 Å². The highest BCUT2D eigenvalue weighted by Gasteiger charge is 2.42. The van der Waals surface area contributed by atoms with E-state index in [-0.39, 0.29) is 0 Å². The summed E-state index contributed by atoms with van der Waals surface area (Å²) in [7, 11) is -1.76. The molecule has 0 aromatic heterocycles. The van der Waals surface area contributed by atoms with Gasteiger partial charge in [0, 0.05) is 0 Å². The van der Waals surface area contributed by atoms with Crippen LogP contribution in [-0.4, -0.2) is 8.32 Å². The molecule has 0 aliphatic heterocycles. The van der Waals surface area contributed by atoms with Crippen molar-refractivity contribution in [3.8, 4) is 0 Å². The molecule has 0 saturated carbocycles. The number of fused-ring (bicyclic) bond motifs is 1. The van der Waals surface area contributed by atoms with E-state index < -0.39 is 8.32 Å². The molecule has 0 bridgehead atoms. The quantitative estimate of drug-likeness (QED) is 0.653. The smallest absolute Gasteiger partial charge is 0.250 e. The third-order valence-electron chi connectivity index (χ3n) is 4.47. The monoisotopic (exact) mass is 273 g/mol. The fraction of sp³-hybridized carbons (Fsp3) is 0.471. The molecule has 0 unspecified atom stereocenters. The molecule has 2 heteroatoms. The predicted molar refractivity (Wildman–Crippen MR) is 85.3 cm³/mol. The van der Waals surface area contributed by atoms with Crippen molar-refractivity contribution in [3.63, 3.8) is 0 Å². The van der Waals surface area contributed by atoms with E-state index in [2.05, 4.69) is 70.6 Å². The Balaban J connectivity index is 2.11. The van der Waals surface area contributed by atoms with Gasteiger partial charge in [-0.3, -0.25) is 0 Å². The summed E-state index contributed by atoms with van der Waals surface area (Å²) in [5, 5.41) is 0.297. The Hall–Kier alpha value is -1.02. The van der Waals surface area contributed by atoms with Gasteiger partial charge in [0.2, 0.25) is 8.32 Å². The highest BCUT2D eigenvalue weighted by Crippen LogP contribution is 2.44. The largest absolute Gasteiger partial charge is 0.546 e. The molecule has 0 saturated heterocycles. The van der Waals surface area contributed by atoms with Crippen LogP contribution in [-0.2, 0) is 4.43 Å². The molecular weight excluding hydrogens is 248 g/mol. The first kappa shape index (κ1) is 14.4. The molecule has 103 valence electrons. The minimum absolute atomic E-state index is 0.297. The summed E-state index contributed by atoms with van der Waals surface area (Å²) < 4.78 is 6.44. The van der Waals surface area contributed by atoms with E-state index in [1.807, 2.05) is 0 Å². The number of allylic oxidation sites excluding steroid dienone is 1. The summed E-state index contributed by atoms with van der Waals surface area (Å²) in [4.78, 5) is 0. The Morgan fingerprint density at radius 1 is 1.11 bits per heavy atom. The van der Waals surface area contributed by atoms with E-state index in [0.717, 1.165) is 5.76 Å². The zero-order chi connectivity index (χ0) is 14.1. The number of hydrogen-bond donors (Lipinski definition) is 0. The van der Waals surface area contributed by atoms with Gasteiger partial charge < -0.3 is 4.43 Å². The lowest BCUT2D eigenvalue weighted by Crippen LogP contribution is -2.42. The highest BCUT2D eigenvalue weighted by molar-refractivity contribution is 6.74. The lowest BCUT2D eigenvalue weighted by Gasteiger charge is -2.39. The lowest BCUT2D eigenvalue weighted by atomic mass is 10.1. The fourth-order valence-corrected chi connectivity index (χ4v) is 4.38. The van der Waals surface area contributed by atoms with Crippen LogP contribution < -0.4 is 0 Å². The van der Waals surface area contributed by atoms with Crippen LogP contribution >= 0.6 is 0 Å². The molecule has 1 aliphatic carbocycles. The van der Waals surface area contributed by atoms with Crippen molar-refractivity contribution in [1.82, 2.24) is 0 Å². The molecule has 1 nitrogen and oxygen atoms in total. The average molecular weight is 273 g/mol. The van der Waals surface area contributed by atoms with Crippen molar-refractivity contribution < 1.29 is 4.43 Å². The second kappa shape index (κ2) is 5.16. The first-order valence-electron chi connectivity index (χ1n) is 7.20. The Kier molecular flexibility index (Phi) is 3.91. The normalized spacial score (nSPS) is 15.1. The van der Waals surface area contributed by atoms with Crippen LogP contribution in [0.25, 0.3) is 6.08 Å². The van der Waals surface area contributed by atoms with Crippen molar-refractivity contribution in [2.75, 3.05) is 0 Å². The van der Waals surface area contributed by atoms with E-state index in [1.54, 1.807) is 0 Å². The van der Waals surface area contributed by atoms with Crippen molar-refractivity contribution >= 4 is 14.4 Å². The summed E-state index contributed by atoms with van der Waals surface area (Å²) in [5.74, 6) is 1.04. The zero-order valence-electron chi connectivity index (χ0n) is 12.8. The molecule has 1 aromatic carbocycles. The topological polar surface area (TPSA) is 9.23 Å². The van der Waals surface area contributed by atoms with Crippen LogP contribution in [0.1, 0.15) is 44.7 Å². The van der Waals surface area contributed by atoms with Crippen molar-refractivity contribution in [2.24, 2.45) is 0 Å². The number of rotatable bonds is 5. The van der Waals surface area contributed by atoms with Gasteiger partial charge in [-0.25, -0.2) is 0 Å². The molecule has 0 spiro atoms. The van der Waals surface area contributed by atoms with Crippen molar-refractivity contribution in [1.29, 1.82) is 0 Å². The zero-order valence-corrected chi connectivity index (χ0v) is 13.8. The molecule has 1 aromatic rings.